The normalized spacial score (nSPS) is 10.2. The quantitative estimate of drug-likeness (QED) is 0.292. The molecule has 0 fully saturated rings. The molecular formula is C15H24O6. The summed E-state index contributed by atoms with van der Waals surface area (Å²) in [6, 6.07) is 0. The Bertz CT molecular complexity index is 296. The van der Waals surface area contributed by atoms with E-state index in [1.807, 2.05) is 6.92 Å². The molecule has 6 heteroatoms. The molecule has 0 bridgehead atoms. The Balaban J connectivity index is 3.53. The first-order valence-electron chi connectivity index (χ1n) is 6.87. The Hall–Kier alpha value is -1.66. The summed E-state index contributed by atoms with van der Waals surface area (Å²) in [6.07, 6.45) is 3.13. The van der Waals surface area contributed by atoms with Crippen molar-refractivity contribution in [3.63, 3.8) is 0 Å². The van der Waals surface area contributed by atoms with Crippen molar-refractivity contribution in [1.29, 1.82) is 0 Å². The van der Waals surface area contributed by atoms with E-state index in [1.54, 1.807) is 0 Å². The van der Waals surface area contributed by atoms with Gasteiger partial charge in [0.25, 0.3) is 0 Å². The summed E-state index contributed by atoms with van der Waals surface area (Å²) in [4.78, 5) is 21.6. The average molecular weight is 300 g/mol. The van der Waals surface area contributed by atoms with Crippen molar-refractivity contribution in [2.24, 2.45) is 5.92 Å². The molecule has 0 aromatic carbocycles. The molecule has 0 spiro atoms. The lowest BCUT2D eigenvalue weighted by atomic mass is 10.1. The zero-order chi connectivity index (χ0) is 15.9. The van der Waals surface area contributed by atoms with E-state index in [-0.39, 0.29) is 19.1 Å². The minimum Gasteiger partial charge on any atom is -0.460 e. The fourth-order valence-corrected chi connectivity index (χ4v) is 1.30. The summed E-state index contributed by atoms with van der Waals surface area (Å²) < 4.78 is 20.4. The van der Waals surface area contributed by atoms with Gasteiger partial charge in [0.2, 0.25) is 0 Å². The molecule has 120 valence electrons. The molecule has 0 saturated heterocycles. The van der Waals surface area contributed by atoms with E-state index in [0.717, 1.165) is 18.6 Å². The molecule has 0 aromatic rings. The minimum atomic E-state index is -0.456. The van der Waals surface area contributed by atoms with Crippen LogP contribution in [0.3, 0.4) is 0 Å². The number of carbonyl (C=O) groups is 2. The highest BCUT2D eigenvalue weighted by molar-refractivity contribution is 5.81. The monoisotopic (exact) mass is 300 g/mol. The van der Waals surface area contributed by atoms with Gasteiger partial charge in [0.1, 0.15) is 13.2 Å². The summed E-state index contributed by atoms with van der Waals surface area (Å²) in [5.41, 5.74) is 0. The summed E-state index contributed by atoms with van der Waals surface area (Å²) in [6.45, 7) is 10.8. The van der Waals surface area contributed by atoms with Gasteiger partial charge < -0.3 is 18.9 Å². The van der Waals surface area contributed by atoms with Gasteiger partial charge in [0.05, 0.1) is 26.4 Å². The first kappa shape index (κ1) is 19.3. The number of hydrogen-bond donors (Lipinski definition) is 0. The Morgan fingerprint density at radius 2 is 1.33 bits per heavy atom. The lowest BCUT2D eigenvalue weighted by Crippen LogP contribution is -2.19. The van der Waals surface area contributed by atoms with Crippen LogP contribution in [0.15, 0.2) is 25.3 Å². The van der Waals surface area contributed by atoms with Crippen LogP contribution in [-0.4, -0.2) is 51.6 Å². The third-order valence-electron chi connectivity index (χ3n) is 2.56. The molecule has 0 aliphatic carbocycles. The van der Waals surface area contributed by atoms with Crippen LogP contribution in [0.4, 0.5) is 0 Å². The maximum Gasteiger partial charge on any atom is 0.330 e. The third kappa shape index (κ3) is 11.8. The first-order chi connectivity index (χ1) is 10.1. The van der Waals surface area contributed by atoms with E-state index in [4.69, 9.17) is 18.9 Å². The van der Waals surface area contributed by atoms with Crippen LogP contribution in [0.1, 0.15) is 13.3 Å². The smallest absolute Gasteiger partial charge is 0.330 e. The third-order valence-corrected chi connectivity index (χ3v) is 2.56. The maximum absolute atomic E-state index is 10.8. The molecule has 6 nitrogen and oxygen atoms in total. The molecule has 0 amide bonds. The predicted octanol–water partition coefficient (Wildman–Crippen LogP) is 1.50. The largest absolute Gasteiger partial charge is 0.460 e. The van der Waals surface area contributed by atoms with Crippen LogP contribution >= 0.6 is 0 Å². The molecule has 0 aromatic heterocycles. The summed E-state index contributed by atoms with van der Waals surface area (Å²) in [5, 5.41) is 0. The van der Waals surface area contributed by atoms with Crippen LogP contribution in [-0.2, 0) is 28.5 Å². The molecule has 0 radical (unpaired) electrons. The van der Waals surface area contributed by atoms with Crippen molar-refractivity contribution in [3.8, 4) is 0 Å². The van der Waals surface area contributed by atoms with Gasteiger partial charge in [-0.25, -0.2) is 9.59 Å². The lowest BCUT2D eigenvalue weighted by Gasteiger charge is -2.15. The summed E-state index contributed by atoms with van der Waals surface area (Å²) in [5.74, 6) is -0.665. The number of ether oxygens (including phenoxy) is 4. The highest BCUT2D eigenvalue weighted by Gasteiger charge is 2.07. The van der Waals surface area contributed by atoms with Crippen molar-refractivity contribution in [1.82, 2.24) is 0 Å². The Morgan fingerprint density at radius 3 is 1.67 bits per heavy atom. The first-order valence-corrected chi connectivity index (χ1v) is 6.87. The molecule has 21 heavy (non-hydrogen) atoms. The molecule has 0 rings (SSSR count). The number of hydrogen-bond acceptors (Lipinski definition) is 6. The van der Waals surface area contributed by atoms with E-state index in [0.29, 0.717) is 26.4 Å². The van der Waals surface area contributed by atoms with Gasteiger partial charge in [0, 0.05) is 18.1 Å². The van der Waals surface area contributed by atoms with Crippen LogP contribution < -0.4 is 0 Å². The van der Waals surface area contributed by atoms with Gasteiger partial charge in [-0.1, -0.05) is 20.1 Å². The van der Waals surface area contributed by atoms with E-state index in [1.165, 1.54) is 0 Å². The van der Waals surface area contributed by atoms with E-state index in [9.17, 15) is 9.59 Å². The topological polar surface area (TPSA) is 71.1 Å². The fraction of sp³-hybridized carbons (Fsp3) is 0.600. The van der Waals surface area contributed by atoms with Gasteiger partial charge in [-0.2, -0.15) is 0 Å². The van der Waals surface area contributed by atoms with E-state index >= 15 is 0 Å². The number of carbonyl (C=O) groups excluding carboxylic acids is 2. The van der Waals surface area contributed by atoms with Gasteiger partial charge in [-0.3, -0.25) is 0 Å². The van der Waals surface area contributed by atoms with Gasteiger partial charge >= 0.3 is 11.9 Å². The predicted molar refractivity (Wildman–Crippen MR) is 77.7 cm³/mol. The second-order valence-electron chi connectivity index (χ2n) is 4.17. The van der Waals surface area contributed by atoms with E-state index in [2.05, 4.69) is 13.2 Å². The minimum absolute atomic E-state index is 0.208. The zero-order valence-electron chi connectivity index (χ0n) is 12.5. The van der Waals surface area contributed by atoms with Gasteiger partial charge in [-0.05, 0) is 6.42 Å². The van der Waals surface area contributed by atoms with Crippen molar-refractivity contribution in [2.45, 2.75) is 13.3 Å². The molecule has 0 aliphatic rings. The highest BCUT2D eigenvalue weighted by Crippen LogP contribution is 2.04. The van der Waals surface area contributed by atoms with Crippen LogP contribution in [0.25, 0.3) is 0 Å². The van der Waals surface area contributed by atoms with Crippen molar-refractivity contribution in [3.05, 3.63) is 25.3 Å². The lowest BCUT2D eigenvalue weighted by molar-refractivity contribution is -0.139. The molecule has 0 aliphatic heterocycles. The maximum atomic E-state index is 10.8. The highest BCUT2D eigenvalue weighted by atomic mass is 16.6. The zero-order valence-corrected chi connectivity index (χ0v) is 12.5. The van der Waals surface area contributed by atoms with Crippen LogP contribution in [0, 0.1) is 5.92 Å². The van der Waals surface area contributed by atoms with Gasteiger partial charge in [-0.15, -0.1) is 0 Å². The van der Waals surface area contributed by atoms with Crippen LogP contribution in [0.2, 0.25) is 0 Å². The number of rotatable bonds is 13. The van der Waals surface area contributed by atoms with Crippen LogP contribution in [0.5, 0.6) is 0 Å². The molecule has 0 saturated carbocycles. The Morgan fingerprint density at radius 1 is 0.905 bits per heavy atom. The standard InChI is InChI=1S/C15H24O6/c1-4-13(11-18-7-9-20-14(16)5-2)12-19-8-10-21-15(17)6-3/h5-6,13H,2-4,7-12H2,1H3. The van der Waals surface area contributed by atoms with Gasteiger partial charge in [0.15, 0.2) is 0 Å². The Kier molecular flexibility index (Phi) is 12.3. The van der Waals surface area contributed by atoms with Crippen molar-refractivity contribution >= 4 is 11.9 Å². The van der Waals surface area contributed by atoms with Crippen molar-refractivity contribution in [2.75, 3.05) is 39.6 Å². The Labute approximate surface area is 125 Å². The molecule has 0 heterocycles. The molecule has 0 unspecified atom stereocenters. The average Bonchev–Trinajstić information content (AvgIpc) is 2.51. The second-order valence-corrected chi connectivity index (χ2v) is 4.17. The van der Waals surface area contributed by atoms with E-state index < -0.39 is 11.9 Å². The second kappa shape index (κ2) is 13.3. The SMILES string of the molecule is C=CC(=O)OCCOCC(CC)COCCOC(=O)C=C. The summed E-state index contributed by atoms with van der Waals surface area (Å²) >= 11 is 0. The molecular weight excluding hydrogens is 276 g/mol. The summed E-state index contributed by atoms with van der Waals surface area (Å²) in [7, 11) is 0. The molecule has 0 N–H and O–H groups in total. The fourth-order valence-electron chi connectivity index (χ4n) is 1.30. The van der Waals surface area contributed by atoms with Crippen molar-refractivity contribution < 1.29 is 28.5 Å². The number of esters is 2. The molecule has 0 atom stereocenters.